The fourth-order valence-electron chi connectivity index (χ4n) is 2.47. The van der Waals surface area contributed by atoms with Crippen LogP contribution in [0, 0.1) is 0 Å². The molecule has 2 N–H and O–H groups in total. The Balaban J connectivity index is 1.71. The van der Waals surface area contributed by atoms with Crippen molar-refractivity contribution in [1.82, 2.24) is 25.6 Å². The average Bonchev–Trinajstić information content (AvgIpc) is 3.01. The summed E-state index contributed by atoms with van der Waals surface area (Å²) in [5.41, 5.74) is 0.0884. The first kappa shape index (κ1) is 13.7. The Morgan fingerprint density at radius 2 is 2.19 bits per heavy atom. The molecule has 0 aromatic carbocycles. The van der Waals surface area contributed by atoms with Gasteiger partial charge in [-0.3, -0.25) is 0 Å². The summed E-state index contributed by atoms with van der Waals surface area (Å²) in [6, 6.07) is 1.43. The monoisotopic (exact) mass is 308 g/mol. The zero-order valence-electron chi connectivity index (χ0n) is 11.0. The molecule has 9 heteroatoms. The predicted octanol–water partition coefficient (Wildman–Crippen LogP) is 1.33. The summed E-state index contributed by atoms with van der Waals surface area (Å²) in [6.07, 6.45) is 3.07. The van der Waals surface area contributed by atoms with Crippen LogP contribution in [0.3, 0.4) is 0 Å². The van der Waals surface area contributed by atoms with Gasteiger partial charge in [0.05, 0.1) is 10.6 Å². The molecule has 0 spiro atoms. The zero-order valence-corrected chi connectivity index (χ0v) is 11.8. The maximum absolute atomic E-state index is 10.9. The first-order valence-electron chi connectivity index (χ1n) is 6.52. The number of aromatic carboxylic acids is 1. The number of nitrogens with one attached hydrogen (secondary N) is 1. The van der Waals surface area contributed by atoms with Crippen LogP contribution in [0.15, 0.2) is 12.3 Å². The summed E-state index contributed by atoms with van der Waals surface area (Å²) in [7, 11) is 0. The predicted molar refractivity (Wildman–Crippen MR) is 74.6 cm³/mol. The summed E-state index contributed by atoms with van der Waals surface area (Å²) in [5, 5.41) is 23.3. The second-order valence-corrected chi connectivity index (χ2v) is 5.27. The van der Waals surface area contributed by atoms with Crippen molar-refractivity contribution in [2.24, 2.45) is 0 Å². The lowest BCUT2D eigenvalue weighted by molar-refractivity contribution is 0.0696. The van der Waals surface area contributed by atoms with Gasteiger partial charge in [-0.15, -0.1) is 10.2 Å². The topological polar surface area (TPSA) is 108 Å². The van der Waals surface area contributed by atoms with Crippen LogP contribution in [0.5, 0.6) is 0 Å². The minimum absolute atomic E-state index is 0.0884. The molecule has 0 radical (unpaired) electrons. The van der Waals surface area contributed by atoms with Gasteiger partial charge < -0.3 is 10.0 Å². The van der Waals surface area contributed by atoms with E-state index < -0.39 is 5.97 Å². The summed E-state index contributed by atoms with van der Waals surface area (Å²) in [6.45, 7) is 1.52. The van der Waals surface area contributed by atoms with E-state index in [0.717, 1.165) is 31.8 Å². The van der Waals surface area contributed by atoms with Crippen molar-refractivity contribution in [3.05, 3.63) is 28.7 Å². The van der Waals surface area contributed by atoms with E-state index in [0.29, 0.717) is 10.8 Å². The van der Waals surface area contributed by atoms with Crippen LogP contribution in [0.1, 0.15) is 34.9 Å². The van der Waals surface area contributed by atoms with E-state index in [1.165, 1.54) is 12.3 Å². The number of piperidine rings is 1. The third-order valence-electron chi connectivity index (χ3n) is 3.59. The van der Waals surface area contributed by atoms with Gasteiger partial charge in [0.15, 0.2) is 5.82 Å². The molecule has 21 heavy (non-hydrogen) atoms. The van der Waals surface area contributed by atoms with E-state index in [1.54, 1.807) is 0 Å². The van der Waals surface area contributed by atoms with Gasteiger partial charge in [-0.05, 0) is 18.9 Å². The molecule has 1 aliphatic rings. The Kier molecular flexibility index (Phi) is 3.70. The molecule has 0 aliphatic carbocycles. The van der Waals surface area contributed by atoms with Crippen LogP contribution < -0.4 is 4.90 Å². The van der Waals surface area contributed by atoms with Crippen molar-refractivity contribution in [3.63, 3.8) is 0 Å². The standard InChI is InChI=1S/C12H13ClN6O2/c13-9-5-8(12(20)21)6-14-11(9)19-3-1-7(2-4-19)10-15-17-18-16-10/h5-7H,1-4H2,(H,20,21)(H,15,16,17,18). The number of aromatic nitrogens is 5. The Bertz CT molecular complexity index is 639. The number of tetrazole rings is 1. The number of carbonyl (C=O) groups is 1. The number of hydrogen-bond acceptors (Lipinski definition) is 6. The van der Waals surface area contributed by atoms with Gasteiger partial charge in [0.1, 0.15) is 5.82 Å². The molecule has 0 amide bonds. The third-order valence-corrected chi connectivity index (χ3v) is 3.87. The molecule has 0 unspecified atom stereocenters. The van der Waals surface area contributed by atoms with Gasteiger partial charge in [0.2, 0.25) is 0 Å². The van der Waals surface area contributed by atoms with Crippen molar-refractivity contribution in [3.8, 4) is 0 Å². The number of H-pyrrole nitrogens is 1. The molecule has 1 saturated heterocycles. The van der Waals surface area contributed by atoms with Crippen molar-refractivity contribution < 1.29 is 9.90 Å². The van der Waals surface area contributed by atoms with E-state index in [4.69, 9.17) is 16.7 Å². The number of carboxylic acid groups (broad SMARTS) is 1. The Morgan fingerprint density at radius 3 is 2.76 bits per heavy atom. The second-order valence-electron chi connectivity index (χ2n) is 4.87. The quantitative estimate of drug-likeness (QED) is 0.880. The molecular formula is C12H13ClN6O2. The summed E-state index contributed by atoms with van der Waals surface area (Å²) in [5.74, 6) is 0.590. The number of rotatable bonds is 3. The number of hydrogen-bond donors (Lipinski definition) is 2. The van der Waals surface area contributed by atoms with Gasteiger partial charge in [-0.25, -0.2) is 9.78 Å². The lowest BCUT2D eigenvalue weighted by atomic mass is 9.96. The highest BCUT2D eigenvalue weighted by molar-refractivity contribution is 6.33. The lowest BCUT2D eigenvalue weighted by Gasteiger charge is -2.31. The van der Waals surface area contributed by atoms with E-state index in [1.807, 2.05) is 4.90 Å². The van der Waals surface area contributed by atoms with Gasteiger partial charge in [0, 0.05) is 25.2 Å². The number of pyridine rings is 1. The van der Waals surface area contributed by atoms with Crippen LogP contribution in [-0.4, -0.2) is 49.8 Å². The van der Waals surface area contributed by atoms with Crippen molar-refractivity contribution in [2.75, 3.05) is 18.0 Å². The molecule has 8 nitrogen and oxygen atoms in total. The summed E-state index contributed by atoms with van der Waals surface area (Å²) in [4.78, 5) is 17.1. The molecule has 3 rings (SSSR count). The number of anilines is 1. The highest BCUT2D eigenvalue weighted by Gasteiger charge is 2.25. The highest BCUT2D eigenvalue weighted by atomic mass is 35.5. The number of halogens is 1. The van der Waals surface area contributed by atoms with Crippen LogP contribution in [0.4, 0.5) is 5.82 Å². The maximum Gasteiger partial charge on any atom is 0.337 e. The molecule has 3 heterocycles. The minimum atomic E-state index is -1.04. The fourth-order valence-corrected chi connectivity index (χ4v) is 2.76. The van der Waals surface area contributed by atoms with Crippen LogP contribution >= 0.6 is 11.6 Å². The van der Waals surface area contributed by atoms with E-state index in [2.05, 4.69) is 25.6 Å². The molecule has 0 saturated carbocycles. The van der Waals surface area contributed by atoms with Crippen LogP contribution in [0.25, 0.3) is 0 Å². The number of aromatic amines is 1. The van der Waals surface area contributed by atoms with Crippen molar-refractivity contribution >= 4 is 23.4 Å². The van der Waals surface area contributed by atoms with Crippen LogP contribution in [-0.2, 0) is 0 Å². The van der Waals surface area contributed by atoms with Gasteiger partial charge in [-0.1, -0.05) is 16.8 Å². The van der Waals surface area contributed by atoms with E-state index in [-0.39, 0.29) is 11.5 Å². The molecule has 1 fully saturated rings. The molecule has 1 aliphatic heterocycles. The highest BCUT2D eigenvalue weighted by Crippen LogP contribution is 2.31. The second kappa shape index (κ2) is 5.65. The lowest BCUT2D eigenvalue weighted by Crippen LogP contribution is -2.34. The number of nitrogens with zero attached hydrogens (tertiary/aromatic N) is 5. The number of carboxylic acids is 1. The molecule has 2 aromatic rings. The third kappa shape index (κ3) is 2.80. The molecule has 0 bridgehead atoms. The largest absolute Gasteiger partial charge is 0.478 e. The SMILES string of the molecule is O=C(O)c1cnc(N2CCC(c3nn[nH]n3)CC2)c(Cl)c1. The van der Waals surface area contributed by atoms with E-state index in [9.17, 15) is 4.79 Å². The Labute approximate surface area is 125 Å². The van der Waals surface area contributed by atoms with Gasteiger partial charge >= 0.3 is 5.97 Å². The normalized spacial score (nSPS) is 16.1. The van der Waals surface area contributed by atoms with Gasteiger partial charge in [-0.2, -0.15) is 5.21 Å². The molecule has 110 valence electrons. The summed E-state index contributed by atoms with van der Waals surface area (Å²) >= 11 is 6.14. The smallest absolute Gasteiger partial charge is 0.337 e. The molecular weight excluding hydrogens is 296 g/mol. The fraction of sp³-hybridized carbons (Fsp3) is 0.417. The van der Waals surface area contributed by atoms with Crippen LogP contribution in [0.2, 0.25) is 5.02 Å². The Morgan fingerprint density at radius 1 is 1.43 bits per heavy atom. The molecule has 2 aromatic heterocycles. The van der Waals surface area contributed by atoms with Gasteiger partial charge in [0.25, 0.3) is 0 Å². The zero-order chi connectivity index (χ0) is 14.8. The van der Waals surface area contributed by atoms with Crippen molar-refractivity contribution in [2.45, 2.75) is 18.8 Å². The summed E-state index contributed by atoms with van der Waals surface area (Å²) < 4.78 is 0. The maximum atomic E-state index is 10.9. The minimum Gasteiger partial charge on any atom is -0.478 e. The van der Waals surface area contributed by atoms with Crippen molar-refractivity contribution in [1.29, 1.82) is 0 Å². The Hall–Kier alpha value is -2.22. The average molecular weight is 309 g/mol. The molecule has 0 atom stereocenters. The first-order valence-corrected chi connectivity index (χ1v) is 6.90. The first-order chi connectivity index (χ1) is 10.1. The van der Waals surface area contributed by atoms with E-state index >= 15 is 0 Å².